The van der Waals surface area contributed by atoms with Gasteiger partial charge in [0.2, 0.25) is 13.6 Å². The Morgan fingerprint density at radius 1 is 0.875 bits per heavy atom. The summed E-state index contributed by atoms with van der Waals surface area (Å²) in [6.07, 6.45) is -1.31. The third-order valence-electron chi connectivity index (χ3n) is 2.13. The zero-order valence-electron chi connectivity index (χ0n) is 13.6. The van der Waals surface area contributed by atoms with Crippen molar-refractivity contribution in [2.45, 2.75) is 39.3 Å². The topological polar surface area (TPSA) is 107 Å². The lowest BCUT2D eigenvalue weighted by Gasteiger charge is -2.22. The normalized spacial score (nSPS) is 11.7. The number of carbonyl (C=O) groups is 2. The molecule has 0 unspecified atom stereocenters. The van der Waals surface area contributed by atoms with Gasteiger partial charge in [-0.25, -0.2) is 9.59 Å². The minimum absolute atomic E-state index is 0.0602. The lowest BCUT2D eigenvalue weighted by molar-refractivity contribution is -0.0422. The molecule has 0 N–H and O–H groups in total. The van der Waals surface area contributed by atoms with Gasteiger partial charge in [-0.1, -0.05) is 13.8 Å². The fourth-order valence-electron chi connectivity index (χ4n) is 1.01. The summed E-state index contributed by atoms with van der Waals surface area (Å²) in [7, 11) is -5.07. The second-order valence-electron chi connectivity index (χ2n) is 4.32. The molecule has 0 radical (unpaired) electrons. The van der Waals surface area contributed by atoms with E-state index in [1.165, 1.54) is 0 Å². The maximum Gasteiger partial charge on any atom is 0.510 e. The summed E-state index contributed by atoms with van der Waals surface area (Å²) >= 11 is 0. The van der Waals surface area contributed by atoms with Crippen molar-refractivity contribution in [3.63, 3.8) is 0 Å². The van der Waals surface area contributed by atoms with Crippen molar-refractivity contribution < 1.29 is 50.9 Å². The Morgan fingerprint density at radius 2 is 1.25 bits per heavy atom. The zero-order valence-corrected chi connectivity index (χ0v) is 14.5. The van der Waals surface area contributed by atoms with E-state index in [9.17, 15) is 22.9 Å². The van der Waals surface area contributed by atoms with Crippen LogP contribution in [0.15, 0.2) is 0 Å². The monoisotopic (exact) mass is 378 g/mol. The molecular formula is C12H21F2O9P. The van der Waals surface area contributed by atoms with Crippen molar-refractivity contribution in [1.82, 2.24) is 0 Å². The van der Waals surface area contributed by atoms with E-state index in [2.05, 4.69) is 28.0 Å². The van der Waals surface area contributed by atoms with Crippen LogP contribution in [0.2, 0.25) is 0 Å². The summed E-state index contributed by atoms with van der Waals surface area (Å²) in [6.45, 7) is 1.67. The quantitative estimate of drug-likeness (QED) is 0.301. The van der Waals surface area contributed by atoms with E-state index in [0.717, 1.165) is 0 Å². The minimum atomic E-state index is -5.07. The number of ether oxygens (including phenoxy) is 4. The van der Waals surface area contributed by atoms with Crippen LogP contribution in [0.5, 0.6) is 0 Å². The lowest BCUT2D eigenvalue weighted by Crippen LogP contribution is -2.20. The molecule has 0 rings (SSSR count). The van der Waals surface area contributed by atoms with Crippen molar-refractivity contribution >= 4 is 19.9 Å². The van der Waals surface area contributed by atoms with E-state index in [1.54, 1.807) is 13.8 Å². The fourth-order valence-corrected chi connectivity index (χ4v) is 1.92. The molecule has 0 aromatic heterocycles. The van der Waals surface area contributed by atoms with E-state index in [4.69, 9.17) is 0 Å². The van der Waals surface area contributed by atoms with Gasteiger partial charge >= 0.3 is 25.6 Å². The van der Waals surface area contributed by atoms with Crippen molar-refractivity contribution in [2.24, 2.45) is 0 Å². The molecule has 0 amide bonds. The van der Waals surface area contributed by atoms with Gasteiger partial charge < -0.3 is 18.9 Å². The Balaban J connectivity index is 4.40. The highest BCUT2D eigenvalue weighted by Gasteiger charge is 2.50. The summed E-state index contributed by atoms with van der Waals surface area (Å²) in [6, 6.07) is 0. The summed E-state index contributed by atoms with van der Waals surface area (Å²) in [5.41, 5.74) is -3.93. The van der Waals surface area contributed by atoms with Crippen LogP contribution >= 0.6 is 7.60 Å². The molecule has 0 aromatic rings. The second-order valence-corrected chi connectivity index (χ2v) is 6.62. The Morgan fingerprint density at radius 3 is 1.54 bits per heavy atom. The molecule has 0 aliphatic heterocycles. The second kappa shape index (κ2) is 11.2. The van der Waals surface area contributed by atoms with E-state index < -0.39 is 39.2 Å². The van der Waals surface area contributed by atoms with Crippen molar-refractivity contribution in [3.8, 4) is 0 Å². The average Bonchev–Trinajstić information content (AvgIpc) is 2.49. The first-order valence-corrected chi connectivity index (χ1v) is 8.56. The van der Waals surface area contributed by atoms with Gasteiger partial charge in [-0.2, -0.15) is 8.78 Å². The van der Waals surface area contributed by atoms with Gasteiger partial charge in [0.15, 0.2) is 0 Å². The molecule has 12 heteroatoms. The highest BCUT2D eigenvalue weighted by atomic mass is 31.2. The summed E-state index contributed by atoms with van der Waals surface area (Å²) in [5, 5.41) is 0. The molecule has 0 atom stereocenters. The molecule has 0 heterocycles. The predicted molar refractivity (Wildman–Crippen MR) is 75.6 cm³/mol. The maximum atomic E-state index is 13.4. The molecule has 0 bridgehead atoms. The average molecular weight is 378 g/mol. The first-order chi connectivity index (χ1) is 11.2. The van der Waals surface area contributed by atoms with E-state index in [0.29, 0.717) is 12.8 Å². The lowest BCUT2D eigenvalue weighted by atomic mass is 10.5. The summed E-state index contributed by atoms with van der Waals surface area (Å²) in [5.74, 6) is 0. The third kappa shape index (κ3) is 8.99. The van der Waals surface area contributed by atoms with Crippen LogP contribution in [-0.4, -0.2) is 44.8 Å². The number of alkyl halides is 2. The van der Waals surface area contributed by atoms with Gasteiger partial charge in [-0.3, -0.25) is 13.6 Å². The van der Waals surface area contributed by atoms with Gasteiger partial charge in [0.1, 0.15) is 0 Å². The van der Waals surface area contributed by atoms with Crippen LogP contribution in [-0.2, 0) is 32.6 Å². The molecule has 0 fully saturated rings. The van der Waals surface area contributed by atoms with E-state index >= 15 is 0 Å². The van der Waals surface area contributed by atoms with Crippen LogP contribution < -0.4 is 0 Å². The number of carbonyl (C=O) groups excluding carboxylic acids is 2. The number of halogens is 2. The third-order valence-corrected chi connectivity index (χ3v) is 3.98. The van der Waals surface area contributed by atoms with Gasteiger partial charge in [-0.15, -0.1) is 0 Å². The van der Waals surface area contributed by atoms with Crippen LogP contribution in [0, 0.1) is 0 Å². The van der Waals surface area contributed by atoms with E-state index in [-0.39, 0.29) is 20.1 Å². The number of hydrogen-bond donors (Lipinski definition) is 0. The molecule has 0 aliphatic carbocycles. The highest BCUT2D eigenvalue weighted by molar-refractivity contribution is 7.55. The minimum Gasteiger partial charge on any atom is -0.434 e. The fraction of sp³-hybridized carbons (Fsp3) is 0.833. The standard InChI is InChI=1S/C12H21F2O9P/c1-4-6-18-10(15)20-8-22-24(17,12(3,13)14)23-9-21-11(16)19-7-5-2/h4-9H2,1-3H3. The first kappa shape index (κ1) is 22.6. The largest absolute Gasteiger partial charge is 0.510 e. The number of hydrogen-bond acceptors (Lipinski definition) is 9. The molecule has 142 valence electrons. The Kier molecular flexibility index (Phi) is 10.5. The Labute approximate surface area is 138 Å². The molecular weight excluding hydrogens is 357 g/mol. The van der Waals surface area contributed by atoms with Gasteiger partial charge in [0.25, 0.3) is 0 Å². The smallest absolute Gasteiger partial charge is 0.434 e. The van der Waals surface area contributed by atoms with Crippen LogP contribution in [0.25, 0.3) is 0 Å². The van der Waals surface area contributed by atoms with Crippen LogP contribution in [0.1, 0.15) is 33.6 Å². The maximum absolute atomic E-state index is 13.4. The van der Waals surface area contributed by atoms with Crippen molar-refractivity contribution in [2.75, 3.05) is 26.8 Å². The Hall–Kier alpha value is -1.45. The SMILES string of the molecule is CCCOC(=O)OCOP(=O)(OCOC(=O)OCCC)C(C)(F)F. The summed E-state index contributed by atoms with van der Waals surface area (Å²) < 4.78 is 65.0. The van der Waals surface area contributed by atoms with Crippen LogP contribution in [0.3, 0.4) is 0 Å². The molecule has 0 saturated carbocycles. The van der Waals surface area contributed by atoms with E-state index in [1.807, 2.05) is 0 Å². The van der Waals surface area contributed by atoms with Crippen molar-refractivity contribution in [1.29, 1.82) is 0 Å². The number of rotatable bonds is 11. The van der Waals surface area contributed by atoms with Crippen molar-refractivity contribution in [3.05, 3.63) is 0 Å². The van der Waals surface area contributed by atoms with Gasteiger partial charge in [0.05, 0.1) is 13.2 Å². The first-order valence-electron chi connectivity index (χ1n) is 7.02. The van der Waals surface area contributed by atoms with Gasteiger partial charge in [0, 0.05) is 6.92 Å². The molecule has 0 saturated heterocycles. The van der Waals surface area contributed by atoms with Crippen LogP contribution in [0.4, 0.5) is 18.4 Å². The molecule has 24 heavy (non-hydrogen) atoms. The summed E-state index contributed by atoms with van der Waals surface area (Å²) in [4.78, 5) is 22.0. The predicted octanol–water partition coefficient (Wildman–Crippen LogP) is 3.87. The molecule has 0 spiro atoms. The van der Waals surface area contributed by atoms with Gasteiger partial charge in [-0.05, 0) is 12.8 Å². The zero-order chi connectivity index (χ0) is 18.6. The molecule has 9 nitrogen and oxygen atoms in total. The molecule has 0 aromatic carbocycles. The highest BCUT2D eigenvalue weighted by Crippen LogP contribution is 2.61. The molecule has 0 aliphatic rings. The Bertz CT molecular complexity index is 409.